The lowest BCUT2D eigenvalue weighted by molar-refractivity contribution is 0.791. The summed E-state index contributed by atoms with van der Waals surface area (Å²) in [6.45, 7) is 7.32. The van der Waals surface area contributed by atoms with Gasteiger partial charge < -0.3 is 4.98 Å². The number of hydrogen-bond donors (Lipinski definition) is 2. The van der Waals surface area contributed by atoms with E-state index in [0.717, 1.165) is 0 Å². The predicted octanol–water partition coefficient (Wildman–Crippen LogP) is 0.830. The van der Waals surface area contributed by atoms with Crippen LogP contribution in [0, 0.1) is 0 Å². The highest BCUT2D eigenvalue weighted by Gasteiger charge is 2.08. The number of aromatic amines is 2. The molecule has 0 aliphatic heterocycles. The zero-order chi connectivity index (χ0) is 10.0. The van der Waals surface area contributed by atoms with E-state index in [9.17, 15) is 9.59 Å². The molecule has 0 aliphatic rings. The second-order valence-electron chi connectivity index (χ2n) is 3.09. The fourth-order valence-electron chi connectivity index (χ4n) is 1.17. The monoisotopic (exact) mass is 180 g/mol. The Kier molecular flexibility index (Phi) is 2.51. The summed E-state index contributed by atoms with van der Waals surface area (Å²) in [6.07, 6.45) is 1.45. The van der Waals surface area contributed by atoms with Crippen molar-refractivity contribution in [2.45, 2.75) is 19.8 Å². The molecular weight excluding hydrogens is 168 g/mol. The maximum absolute atomic E-state index is 11.2. The Bertz CT molecular complexity index is 426. The Morgan fingerprint density at radius 2 is 1.92 bits per heavy atom. The highest BCUT2D eigenvalue weighted by atomic mass is 16.2. The zero-order valence-corrected chi connectivity index (χ0v) is 7.68. The minimum Gasteiger partial charge on any atom is -0.310 e. The molecule has 0 atom stereocenters. The molecule has 0 spiro atoms. The van der Waals surface area contributed by atoms with E-state index in [4.69, 9.17) is 0 Å². The summed E-state index contributed by atoms with van der Waals surface area (Å²) in [6, 6.07) is 0. The number of hydrogen-bond acceptors (Lipinski definition) is 2. The summed E-state index contributed by atoms with van der Waals surface area (Å²) in [5.74, 6) is 0.1000. The third-order valence-electron chi connectivity index (χ3n) is 1.79. The lowest BCUT2D eigenvalue weighted by Crippen LogP contribution is -2.26. The largest absolute Gasteiger partial charge is 0.325 e. The molecule has 4 nitrogen and oxygen atoms in total. The lowest BCUT2D eigenvalue weighted by Gasteiger charge is -2.06. The van der Waals surface area contributed by atoms with Gasteiger partial charge in [0.05, 0.1) is 5.56 Å². The van der Waals surface area contributed by atoms with E-state index in [1.54, 1.807) is 0 Å². The molecule has 1 heterocycles. The number of rotatable bonds is 2. The normalized spacial score (nSPS) is 10.4. The molecular formula is C9H12N2O2. The Hall–Kier alpha value is -1.58. The van der Waals surface area contributed by atoms with Crippen molar-refractivity contribution in [3.8, 4) is 0 Å². The summed E-state index contributed by atoms with van der Waals surface area (Å²) >= 11 is 0. The van der Waals surface area contributed by atoms with E-state index < -0.39 is 5.69 Å². The average molecular weight is 180 g/mol. The summed E-state index contributed by atoms with van der Waals surface area (Å²) in [7, 11) is 0. The van der Waals surface area contributed by atoms with Gasteiger partial charge in [0.2, 0.25) is 0 Å². The number of aromatic nitrogens is 2. The van der Waals surface area contributed by atoms with Crippen LogP contribution in [-0.2, 0) is 0 Å². The van der Waals surface area contributed by atoms with E-state index in [1.165, 1.54) is 6.08 Å². The van der Waals surface area contributed by atoms with Crippen LogP contribution < -0.4 is 11.2 Å². The topological polar surface area (TPSA) is 65.7 Å². The Labute approximate surface area is 75.3 Å². The van der Waals surface area contributed by atoms with Crippen LogP contribution in [0.2, 0.25) is 0 Å². The first-order valence-corrected chi connectivity index (χ1v) is 4.05. The van der Waals surface area contributed by atoms with Gasteiger partial charge >= 0.3 is 5.69 Å². The van der Waals surface area contributed by atoms with Crippen molar-refractivity contribution >= 4 is 6.08 Å². The minimum atomic E-state index is -0.473. The fourth-order valence-corrected chi connectivity index (χ4v) is 1.17. The van der Waals surface area contributed by atoms with Crippen LogP contribution in [0.1, 0.15) is 31.0 Å². The van der Waals surface area contributed by atoms with Crippen molar-refractivity contribution in [1.82, 2.24) is 9.97 Å². The van der Waals surface area contributed by atoms with E-state index in [2.05, 4.69) is 16.5 Å². The van der Waals surface area contributed by atoms with Gasteiger partial charge in [-0.2, -0.15) is 0 Å². The molecule has 0 fully saturated rings. The van der Waals surface area contributed by atoms with Gasteiger partial charge in [-0.1, -0.05) is 26.5 Å². The third-order valence-corrected chi connectivity index (χ3v) is 1.79. The second-order valence-corrected chi connectivity index (χ2v) is 3.09. The lowest BCUT2D eigenvalue weighted by atomic mass is 10.1. The molecule has 0 saturated carbocycles. The standard InChI is InChI=1S/C9H12N2O2/c1-4-6-7(5(2)3)10-9(13)11-8(6)12/h4-5H,1H2,2-3H3,(H2,10,11,12,13). The molecule has 1 rings (SSSR count). The van der Waals surface area contributed by atoms with Gasteiger partial charge in [-0.3, -0.25) is 9.78 Å². The maximum Gasteiger partial charge on any atom is 0.325 e. The van der Waals surface area contributed by atoms with Gasteiger partial charge in [0.1, 0.15) is 0 Å². The highest BCUT2D eigenvalue weighted by Crippen LogP contribution is 2.12. The van der Waals surface area contributed by atoms with Crippen LogP contribution in [-0.4, -0.2) is 9.97 Å². The summed E-state index contributed by atoms with van der Waals surface area (Å²) in [4.78, 5) is 26.9. The molecule has 0 amide bonds. The molecule has 0 saturated heterocycles. The van der Waals surface area contributed by atoms with Gasteiger partial charge in [-0.05, 0) is 5.92 Å². The first kappa shape index (κ1) is 9.51. The SMILES string of the molecule is C=Cc1c(C(C)C)[nH]c(=O)[nH]c1=O. The van der Waals surface area contributed by atoms with Crippen molar-refractivity contribution in [1.29, 1.82) is 0 Å². The van der Waals surface area contributed by atoms with Crippen molar-refractivity contribution in [2.24, 2.45) is 0 Å². The number of H-pyrrole nitrogens is 2. The third kappa shape index (κ3) is 1.77. The molecule has 1 aromatic heterocycles. The first-order valence-electron chi connectivity index (χ1n) is 4.05. The highest BCUT2D eigenvalue weighted by molar-refractivity contribution is 5.48. The Morgan fingerprint density at radius 3 is 2.38 bits per heavy atom. The predicted molar refractivity (Wildman–Crippen MR) is 51.9 cm³/mol. The van der Waals surface area contributed by atoms with E-state index in [1.807, 2.05) is 13.8 Å². The molecule has 70 valence electrons. The fraction of sp³-hybridized carbons (Fsp3) is 0.333. The molecule has 2 N–H and O–H groups in total. The van der Waals surface area contributed by atoms with E-state index >= 15 is 0 Å². The molecule has 0 aromatic carbocycles. The Balaban J connectivity index is 3.57. The molecule has 0 aliphatic carbocycles. The van der Waals surface area contributed by atoms with Crippen molar-refractivity contribution in [3.05, 3.63) is 38.7 Å². The van der Waals surface area contributed by atoms with E-state index in [0.29, 0.717) is 11.3 Å². The van der Waals surface area contributed by atoms with Crippen LogP contribution in [0.25, 0.3) is 6.08 Å². The zero-order valence-electron chi connectivity index (χ0n) is 7.68. The molecule has 13 heavy (non-hydrogen) atoms. The van der Waals surface area contributed by atoms with E-state index in [-0.39, 0.29) is 11.5 Å². The summed E-state index contributed by atoms with van der Waals surface area (Å²) in [5, 5.41) is 0. The van der Waals surface area contributed by atoms with Crippen LogP contribution in [0.4, 0.5) is 0 Å². The quantitative estimate of drug-likeness (QED) is 0.707. The van der Waals surface area contributed by atoms with Gasteiger partial charge in [0, 0.05) is 5.69 Å². The smallest absolute Gasteiger partial charge is 0.310 e. The number of nitrogens with one attached hydrogen (secondary N) is 2. The molecule has 0 radical (unpaired) electrons. The Morgan fingerprint density at radius 1 is 1.31 bits per heavy atom. The molecule has 0 unspecified atom stereocenters. The molecule has 4 heteroatoms. The van der Waals surface area contributed by atoms with Crippen LogP contribution in [0.15, 0.2) is 16.2 Å². The van der Waals surface area contributed by atoms with Gasteiger partial charge in [-0.15, -0.1) is 0 Å². The van der Waals surface area contributed by atoms with Gasteiger partial charge in [0.25, 0.3) is 5.56 Å². The first-order chi connectivity index (χ1) is 6.06. The second kappa shape index (κ2) is 3.43. The van der Waals surface area contributed by atoms with Crippen molar-refractivity contribution < 1.29 is 0 Å². The minimum absolute atomic E-state index is 0.1000. The van der Waals surface area contributed by atoms with Gasteiger partial charge in [0.15, 0.2) is 0 Å². The van der Waals surface area contributed by atoms with Gasteiger partial charge in [-0.25, -0.2) is 4.79 Å². The molecule has 0 bridgehead atoms. The van der Waals surface area contributed by atoms with Crippen LogP contribution in [0.5, 0.6) is 0 Å². The van der Waals surface area contributed by atoms with Crippen molar-refractivity contribution in [2.75, 3.05) is 0 Å². The summed E-state index contributed by atoms with van der Waals surface area (Å²) < 4.78 is 0. The maximum atomic E-state index is 11.2. The van der Waals surface area contributed by atoms with Crippen LogP contribution in [0.3, 0.4) is 0 Å². The summed E-state index contributed by atoms with van der Waals surface area (Å²) in [5.41, 5.74) is 0.208. The van der Waals surface area contributed by atoms with Crippen molar-refractivity contribution in [3.63, 3.8) is 0 Å². The molecule has 1 aromatic rings. The average Bonchev–Trinajstić information content (AvgIpc) is 2.02. The van der Waals surface area contributed by atoms with Crippen LogP contribution >= 0.6 is 0 Å².